The van der Waals surface area contributed by atoms with Crippen LogP contribution >= 0.6 is 11.3 Å². The molecule has 0 saturated carbocycles. The number of carbonyl (C=O) groups excluding carboxylic acids is 1. The minimum absolute atomic E-state index is 0.138. The number of nitriles is 1. The van der Waals surface area contributed by atoms with Crippen molar-refractivity contribution in [1.29, 1.82) is 5.26 Å². The van der Waals surface area contributed by atoms with E-state index in [9.17, 15) is 9.59 Å². The summed E-state index contributed by atoms with van der Waals surface area (Å²) in [6.07, 6.45) is 2.49. The first-order chi connectivity index (χ1) is 9.47. The van der Waals surface area contributed by atoms with Crippen molar-refractivity contribution in [2.24, 2.45) is 5.92 Å². The van der Waals surface area contributed by atoms with Gasteiger partial charge in [-0.15, -0.1) is 11.3 Å². The Morgan fingerprint density at radius 1 is 1.60 bits per heavy atom. The third-order valence-electron chi connectivity index (χ3n) is 2.64. The maximum atomic E-state index is 12.3. The summed E-state index contributed by atoms with van der Waals surface area (Å²) in [5, 5.41) is 19.1. The zero-order valence-corrected chi connectivity index (χ0v) is 12.2. The van der Waals surface area contributed by atoms with Gasteiger partial charge in [0.15, 0.2) is 0 Å². The SMILES string of the molecule is CCN(CC(C)C#N)C(=O)c1csc(C=CC(=O)O)c1. The summed E-state index contributed by atoms with van der Waals surface area (Å²) in [4.78, 5) is 25.0. The zero-order chi connectivity index (χ0) is 15.1. The number of hydrogen-bond acceptors (Lipinski definition) is 4. The first-order valence-corrected chi connectivity index (χ1v) is 7.04. The van der Waals surface area contributed by atoms with Crippen molar-refractivity contribution in [2.75, 3.05) is 13.1 Å². The molecule has 0 aliphatic carbocycles. The largest absolute Gasteiger partial charge is 0.478 e. The van der Waals surface area contributed by atoms with Crippen LogP contribution in [-0.2, 0) is 4.79 Å². The Labute approximate surface area is 121 Å². The number of nitrogens with zero attached hydrogens (tertiary/aromatic N) is 2. The van der Waals surface area contributed by atoms with Gasteiger partial charge in [0.2, 0.25) is 0 Å². The molecule has 1 amide bonds. The number of carboxylic acids is 1. The van der Waals surface area contributed by atoms with E-state index in [-0.39, 0.29) is 11.8 Å². The van der Waals surface area contributed by atoms with Crippen LogP contribution in [0.5, 0.6) is 0 Å². The van der Waals surface area contributed by atoms with Crippen LogP contribution in [0.4, 0.5) is 0 Å². The monoisotopic (exact) mass is 292 g/mol. The van der Waals surface area contributed by atoms with Gasteiger partial charge in [-0.05, 0) is 26.0 Å². The minimum atomic E-state index is -1.02. The smallest absolute Gasteiger partial charge is 0.328 e. The molecule has 0 bridgehead atoms. The van der Waals surface area contributed by atoms with Gasteiger partial charge in [0.25, 0.3) is 5.91 Å². The molecule has 1 heterocycles. The second-order valence-electron chi connectivity index (χ2n) is 4.28. The highest BCUT2D eigenvalue weighted by Crippen LogP contribution is 2.18. The van der Waals surface area contributed by atoms with Gasteiger partial charge < -0.3 is 10.0 Å². The predicted molar refractivity (Wildman–Crippen MR) is 77.3 cm³/mol. The lowest BCUT2D eigenvalue weighted by Crippen LogP contribution is -2.34. The van der Waals surface area contributed by atoms with Crippen molar-refractivity contribution in [2.45, 2.75) is 13.8 Å². The van der Waals surface area contributed by atoms with Crippen molar-refractivity contribution < 1.29 is 14.7 Å². The molecule has 20 heavy (non-hydrogen) atoms. The highest BCUT2D eigenvalue weighted by molar-refractivity contribution is 7.11. The first kappa shape index (κ1) is 15.9. The van der Waals surface area contributed by atoms with E-state index in [2.05, 4.69) is 6.07 Å². The molecule has 0 fully saturated rings. The average Bonchev–Trinajstić information content (AvgIpc) is 2.90. The molecule has 1 unspecified atom stereocenters. The molecule has 0 aromatic carbocycles. The van der Waals surface area contributed by atoms with Gasteiger partial charge in [-0.2, -0.15) is 5.26 Å². The van der Waals surface area contributed by atoms with Crippen molar-refractivity contribution in [1.82, 2.24) is 4.90 Å². The standard InChI is InChI=1S/C14H16N2O3S/c1-3-16(8-10(2)7-15)14(19)11-6-12(20-9-11)4-5-13(17)18/h4-6,9-10H,3,8H2,1-2H3,(H,17,18). The van der Waals surface area contributed by atoms with Crippen LogP contribution in [0.25, 0.3) is 6.08 Å². The Hall–Kier alpha value is -2.13. The molecule has 0 spiro atoms. The molecule has 1 atom stereocenters. The highest BCUT2D eigenvalue weighted by atomic mass is 32.1. The molecule has 0 saturated heterocycles. The number of thiophene rings is 1. The summed E-state index contributed by atoms with van der Waals surface area (Å²) in [6.45, 7) is 4.55. The molecule has 1 aromatic rings. The average molecular weight is 292 g/mol. The van der Waals surface area contributed by atoms with E-state index in [0.717, 1.165) is 6.08 Å². The summed E-state index contributed by atoms with van der Waals surface area (Å²) >= 11 is 1.31. The third kappa shape index (κ3) is 4.52. The fourth-order valence-corrected chi connectivity index (χ4v) is 2.39. The fourth-order valence-electron chi connectivity index (χ4n) is 1.62. The summed E-state index contributed by atoms with van der Waals surface area (Å²) in [7, 11) is 0. The van der Waals surface area contributed by atoms with Gasteiger partial charge in [-0.1, -0.05) is 0 Å². The van der Waals surface area contributed by atoms with Crippen molar-refractivity contribution in [3.8, 4) is 6.07 Å². The lowest BCUT2D eigenvalue weighted by atomic mass is 10.1. The Morgan fingerprint density at radius 3 is 2.85 bits per heavy atom. The number of rotatable bonds is 6. The summed E-state index contributed by atoms with van der Waals surface area (Å²) < 4.78 is 0. The topological polar surface area (TPSA) is 81.4 Å². The van der Waals surface area contributed by atoms with E-state index in [1.807, 2.05) is 6.92 Å². The van der Waals surface area contributed by atoms with Crippen LogP contribution < -0.4 is 0 Å². The fraction of sp³-hybridized carbons (Fsp3) is 0.357. The number of carboxylic acid groups (broad SMARTS) is 1. The number of amides is 1. The van der Waals surface area contributed by atoms with Gasteiger partial charge >= 0.3 is 5.97 Å². The molecular formula is C14H16N2O3S. The first-order valence-electron chi connectivity index (χ1n) is 6.16. The Balaban J connectivity index is 2.81. The van der Waals surface area contributed by atoms with E-state index >= 15 is 0 Å². The summed E-state index contributed by atoms with van der Waals surface area (Å²) in [5.41, 5.74) is 0.520. The molecule has 6 heteroatoms. The predicted octanol–water partition coefficient (Wildman–Crippen LogP) is 2.47. The van der Waals surface area contributed by atoms with Crippen LogP contribution in [0.1, 0.15) is 29.1 Å². The van der Waals surface area contributed by atoms with Crippen LogP contribution in [0.15, 0.2) is 17.5 Å². The van der Waals surface area contributed by atoms with E-state index in [4.69, 9.17) is 10.4 Å². The zero-order valence-electron chi connectivity index (χ0n) is 11.4. The van der Waals surface area contributed by atoms with E-state index in [1.54, 1.807) is 23.3 Å². The van der Waals surface area contributed by atoms with Gasteiger partial charge in [0.1, 0.15) is 0 Å². The second-order valence-corrected chi connectivity index (χ2v) is 5.23. The van der Waals surface area contributed by atoms with Gasteiger partial charge in [0.05, 0.1) is 17.6 Å². The number of aliphatic carboxylic acids is 1. The summed E-state index contributed by atoms with van der Waals surface area (Å²) in [5.74, 6) is -1.38. The van der Waals surface area contributed by atoms with Crippen LogP contribution in [0, 0.1) is 17.2 Å². The Morgan fingerprint density at radius 2 is 2.30 bits per heavy atom. The maximum Gasteiger partial charge on any atom is 0.328 e. The van der Waals surface area contributed by atoms with Crippen LogP contribution in [-0.4, -0.2) is 35.0 Å². The molecule has 1 N–H and O–H groups in total. The van der Waals surface area contributed by atoms with Crippen molar-refractivity contribution >= 4 is 29.3 Å². The molecule has 0 aliphatic heterocycles. The molecule has 0 radical (unpaired) electrons. The molecule has 1 aromatic heterocycles. The number of carbonyl (C=O) groups is 2. The quantitative estimate of drug-likeness (QED) is 0.817. The van der Waals surface area contributed by atoms with E-state index in [1.165, 1.54) is 17.4 Å². The maximum absolute atomic E-state index is 12.3. The summed E-state index contributed by atoms with van der Waals surface area (Å²) in [6, 6.07) is 3.77. The molecule has 1 rings (SSSR count). The third-order valence-corrected chi connectivity index (χ3v) is 3.54. The van der Waals surface area contributed by atoms with Crippen LogP contribution in [0.3, 0.4) is 0 Å². The van der Waals surface area contributed by atoms with E-state index < -0.39 is 5.97 Å². The molecule has 5 nitrogen and oxygen atoms in total. The van der Waals surface area contributed by atoms with Gasteiger partial charge in [-0.3, -0.25) is 4.79 Å². The van der Waals surface area contributed by atoms with E-state index in [0.29, 0.717) is 23.5 Å². The molecular weight excluding hydrogens is 276 g/mol. The van der Waals surface area contributed by atoms with Crippen molar-refractivity contribution in [3.05, 3.63) is 28.0 Å². The second kappa shape index (κ2) is 7.46. The lowest BCUT2D eigenvalue weighted by Gasteiger charge is -2.21. The van der Waals surface area contributed by atoms with Gasteiger partial charge in [-0.25, -0.2) is 4.79 Å². The minimum Gasteiger partial charge on any atom is -0.478 e. The van der Waals surface area contributed by atoms with Crippen molar-refractivity contribution in [3.63, 3.8) is 0 Å². The lowest BCUT2D eigenvalue weighted by molar-refractivity contribution is -0.131. The van der Waals surface area contributed by atoms with Gasteiger partial charge in [0, 0.05) is 29.4 Å². The molecule has 0 aliphatic rings. The number of hydrogen-bond donors (Lipinski definition) is 1. The normalized spacial score (nSPS) is 12.1. The highest BCUT2D eigenvalue weighted by Gasteiger charge is 2.17. The Kier molecular flexibility index (Phi) is 5.94. The van der Waals surface area contributed by atoms with Crippen LogP contribution in [0.2, 0.25) is 0 Å². The Bertz CT molecular complexity index is 557. The molecule has 106 valence electrons.